The Bertz CT molecular complexity index is 981. The van der Waals surface area contributed by atoms with Gasteiger partial charge in [0.1, 0.15) is 0 Å². The van der Waals surface area contributed by atoms with Gasteiger partial charge in [0.25, 0.3) is 0 Å². The highest BCUT2D eigenvalue weighted by Gasteiger charge is 2.39. The summed E-state index contributed by atoms with van der Waals surface area (Å²) in [7, 11) is 3.78. The molecular formula is C26H30F6N2O2. The molecule has 3 rings (SSSR count). The molecular weight excluding hydrogens is 486 g/mol. The van der Waals surface area contributed by atoms with E-state index in [1.807, 2.05) is 49.3 Å². The van der Waals surface area contributed by atoms with E-state index in [4.69, 9.17) is 4.74 Å². The molecule has 36 heavy (non-hydrogen) atoms. The molecule has 0 unspecified atom stereocenters. The van der Waals surface area contributed by atoms with Gasteiger partial charge in [-0.15, -0.1) is 0 Å². The monoisotopic (exact) mass is 516 g/mol. The van der Waals surface area contributed by atoms with Crippen molar-refractivity contribution in [2.24, 2.45) is 0 Å². The third kappa shape index (κ3) is 7.22. The Kier molecular flexibility index (Phi) is 8.71. The summed E-state index contributed by atoms with van der Waals surface area (Å²) in [6.45, 7) is 1.33. The largest absolute Gasteiger partial charge is 0.416 e. The van der Waals surface area contributed by atoms with Gasteiger partial charge in [-0.05, 0) is 56.3 Å². The van der Waals surface area contributed by atoms with Crippen molar-refractivity contribution in [1.82, 2.24) is 9.80 Å². The lowest BCUT2D eigenvalue weighted by Crippen LogP contribution is -2.47. The molecule has 0 saturated carbocycles. The summed E-state index contributed by atoms with van der Waals surface area (Å²) in [5, 5.41) is 0. The molecule has 10 heteroatoms. The van der Waals surface area contributed by atoms with Crippen molar-refractivity contribution >= 4 is 5.91 Å². The van der Waals surface area contributed by atoms with Crippen molar-refractivity contribution in [1.29, 1.82) is 0 Å². The van der Waals surface area contributed by atoms with E-state index in [1.165, 1.54) is 0 Å². The maximum Gasteiger partial charge on any atom is 0.416 e. The summed E-state index contributed by atoms with van der Waals surface area (Å²) >= 11 is 0. The molecule has 198 valence electrons. The van der Waals surface area contributed by atoms with Gasteiger partial charge in [-0.1, -0.05) is 30.3 Å². The first-order chi connectivity index (χ1) is 16.8. The van der Waals surface area contributed by atoms with Gasteiger partial charge in [0.05, 0.1) is 24.3 Å². The lowest BCUT2D eigenvalue weighted by Gasteiger charge is -2.42. The zero-order chi connectivity index (χ0) is 26.6. The molecule has 1 amide bonds. The van der Waals surface area contributed by atoms with Crippen LogP contribution in [0.1, 0.15) is 41.5 Å². The normalized spacial score (nSPS) is 16.4. The fraction of sp³-hybridized carbons (Fsp3) is 0.500. The molecule has 0 bridgehead atoms. The van der Waals surface area contributed by atoms with Crippen molar-refractivity contribution < 1.29 is 35.9 Å². The summed E-state index contributed by atoms with van der Waals surface area (Å²) in [5.74, 6) is 0.0509. The van der Waals surface area contributed by atoms with Crippen molar-refractivity contribution in [3.8, 4) is 0 Å². The van der Waals surface area contributed by atoms with Crippen molar-refractivity contribution in [2.75, 3.05) is 40.3 Å². The van der Waals surface area contributed by atoms with E-state index in [2.05, 4.69) is 0 Å². The summed E-state index contributed by atoms with van der Waals surface area (Å²) in [4.78, 5) is 16.3. The fourth-order valence-corrected chi connectivity index (χ4v) is 4.44. The molecule has 1 saturated heterocycles. The topological polar surface area (TPSA) is 32.8 Å². The number of carbonyl (C=O) groups excluding carboxylic acids is 1. The van der Waals surface area contributed by atoms with Gasteiger partial charge in [-0.3, -0.25) is 4.79 Å². The number of alkyl halides is 6. The fourth-order valence-electron chi connectivity index (χ4n) is 4.44. The zero-order valence-electron chi connectivity index (χ0n) is 20.3. The highest BCUT2D eigenvalue weighted by molar-refractivity contribution is 5.76. The van der Waals surface area contributed by atoms with Crippen molar-refractivity contribution in [2.45, 2.75) is 43.6 Å². The van der Waals surface area contributed by atoms with E-state index in [9.17, 15) is 31.1 Å². The van der Waals surface area contributed by atoms with Gasteiger partial charge in [0.2, 0.25) is 5.91 Å². The van der Waals surface area contributed by atoms with Crippen LogP contribution in [0.2, 0.25) is 0 Å². The van der Waals surface area contributed by atoms with Crippen LogP contribution in [0.5, 0.6) is 0 Å². The number of amides is 1. The third-order valence-electron chi connectivity index (χ3n) is 6.53. The van der Waals surface area contributed by atoms with Crippen LogP contribution >= 0.6 is 0 Å². The molecule has 0 aliphatic carbocycles. The number of hydrogen-bond acceptors (Lipinski definition) is 3. The summed E-state index contributed by atoms with van der Waals surface area (Å²) in [6.07, 6.45) is -8.28. The van der Waals surface area contributed by atoms with Crippen LogP contribution < -0.4 is 0 Å². The Hall–Kier alpha value is -2.59. The minimum atomic E-state index is -4.91. The maximum absolute atomic E-state index is 13.2. The summed E-state index contributed by atoms with van der Waals surface area (Å²) < 4.78 is 84.9. The molecule has 1 heterocycles. The first kappa shape index (κ1) is 28.0. The van der Waals surface area contributed by atoms with Crippen LogP contribution in [-0.4, -0.2) is 56.0 Å². The van der Waals surface area contributed by atoms with Crippen LogP contribution in [0.4, 0.5) is 26.3 Å². The number of halogens is 6. The Morgan fingerprint density at radius 3 is 2.00 bits per heavy atom. The van der Waals surface area contributed by atoms with Crippen LogP contribution in [0.15, 0.2) is 48.5 Å². The third-order valence-corrected chi connectivity index (χ3v) is 6.53. The van der Waals surface area contributed by atoms with Crippen molar-refractivity contribution in [3.05, 3.63) is 70.8 Å². The Labute approximate surface area is 206 Å². The Morgan fingerprint density at radius 2 is 1.50 bits per heavy atom. The minimum absolute atomic E-state index is 0.0509. The first-order valence-electron chi connectivity index (χ1n) is 11.6. The van der Waals surface area contributed by atoms with E-state index in [1.54, 1.807) is 4.90 Å². The first-order valence-corrected chi connectivity index (χ1v) is 11.6. The number of benzene rings is 2. The van der Waals surface area contributed by atoms with Crippen LogP contribution in [-0.2, 0) is 33.9 Å². The molecule has 0 spiro atoms. The van der Waals surface area contributed by atoms with Crippen LogP contribution in [0.3, 0.4) is 0 Å². The summed E-state index contributed by atoms with van der Waals surface area (Å²) in [5.41, 5.74) is -2.47. The molecule has 2 aromatic rings. The highest BCUT2D eigenvalue weighted by atomic mass is 19.4. The Morgan fingerprint density at radius 1 is 0.944 bits per heavy atom. The van der Waals surface area contributed by atoms with E-state index in [0.717, 1.165) is 5.56 Å². The molecule has 2 aromatic carbocycles. The second-order valence-corrected chi connectivity index (χ2v) is 9.49. The van der Waals surface area contributed by atoms with Gasteiger partial charge < -0.3 is 14.5 Å². The molecule has 4 nitrogen and oxygen atoms in total. The average molecular weight is 517 g/mol. The number of nitrogens with zero attached hydrogens (tertiary/aromatic N) is 2. The molecule has 0 atom stereocenters. The van der Waals surface area contributed by atoms with Crippen molar-refractivity contribution in [3.63, 3.8) is 0 Å². The molecule has 1 fully saturated rings. The lowest BCUT2D eigenvalue weighted by atomic mass is 9.73. The zero-order valence-corrected chi connectivity index (χ0v) is 20.3. The van der Waals surface area contributed by atoms with Gasteiger partial charge in [0.15, 0.2) is 0 Å². The minimum Gasteiger partial charge on any atom is -0.376 e. The number of rotatable bonds is 8. The molecule has 0 radical (unpaired) electrons. The molecule has 1 aliphatic heterocycles. The van der Waals surface area contributed by atoms with Crippen LogP contribution in [0.25, 0.3) is 0 Å². The number of ether oxygens (including phenoxy) is 1. The van der Waals surface area contributed by atoms with E-state index in [-0.39, 0.29) is 24.1 Å². The standard InChI is InChI=1S/C26H30F6N2O2/c1-33(2)11-8-23(35)34-12-9-24(10-13-34,20-6-4-3-5-7-20)18-36-17-19-14-21(25(27,28)29)16-22(15-19)26(30,31)32/h3-7,14-16H,8-13,17-18H2,1-2H3. The van der Waals surface area contributed by atoms with E-state index >= 15 is 0 Å². The predicted octanol–water partition coefficient (Wildman–Crippen LogP) is 5.75. The predicted molar refractivity (Wildman–Crippen MR) is 123 cm³/mol. The number of piperidine rings is 1. The second kappa shape index (κ2) is 11.2. The molecule has 1 aliphatic rings. The SMILES string of the molecule is CN(C)CCC(=O)N1CCC(COCc2cc(C(F)(F)F)cc(C(F)(F)F)c2)(c2ccccc2)CC1. The van der Waals surface area contributed by atoms with Gasteiger partial charge in [-0.2, -0.15) is 26.3 Å². The second-order valence-electron chi connectivity index (χ2n) is 9.49. The van der Waals surface area contributed by atoms with E-state index < -0.39 is 35.5 Å². The number of likely N-dealkylation sites (tertiary alicyclic amines) is 1. The van der Waals surface area contributed by atoms with E-state index in [0.29, 0.717) is 51.0 Å². The van der Waals surface area contributed by atoms with Crippen LogP contribution in [0, 0.1) is 0 Å². The van der Waals surface area contributed by atoms with Gasteiger partial charge in [0, 0.05) is 31.5 Å². The molecule has 0 N–H and O–H groups in total. The maximum atomic E-state index is 13.2. The van der Waals surface area contributed by atoms with Gasteiger partial charge in [-0.25, -0.2) is 0 Å². The lowest BCUT2D eigenvalue weighted by molar-refractivity contribution is -0.143. The Balaban J connectivity index is 1.75. The summed E-state index contributed by atoms with van der Waals surface area (Å²) in [6, 6.07) is 10.9. The van der Waals surface area contributed by atoms with Gasteiger partial charge >= 0.3 is 12.4 Å². The average Bonchev–Trinajstić information content (AvgIpc) is 2.82. The number of hydrogen-bond donors (Lipinski definition) is 0. The quantitative estimate of drug-likeness (QED) is 0.419. The number of carbonyl (C=O) groups is 1. The highest BCUT2D eigenvalue weighted by Crippen LogP contribution is 2.38. The smallest absolute Gasteiger partial charge is 0.376 e. The molecule has 0 aromatic heterocycles.